The quantitative estimate of drug-likeness (QED) is 0.104. The molecule has 0 fully saturated rings. The van der Waals surface area contributed by atoms with E-state index in [4.69, 9.17) is 14.1 Å². The number of para-hydroxylation sites is 1. The molecule has 0 bridgehead atoms. The molecule has 0 saturated heterocycles. The predicted octanol–water partition coefficient (Wildman–Crippen LogP) is 7.17. The number of phenols is 5. The summed E-state index contributed by atoms with van der Waals surface area (Å²) in [5, 5.41) is 54.0. The summed E-state index contributed by atoms with van der Waals surface area (Å²) in [6.07, 6.45) is 7.93. The van der Waals surface area contributed by atoms with Crippen LogP contribution in [0.15, 0.2) is 95.7 Å². The Labute approximate surface area is 255 Å². The van der Waals surface area contributed by atoms with Crippen molar-refractivity contribution >= 4 is 21.9 Å². The average molecular weight is 600 g/mol. The first kappa shape index (κ1) is 27.5. The van der Waals surface area contributed by atoms with Crippen LogP contribution in [0.1, 0.15) is 11.1 Å². The van der Waals surface area contributed by atoms with Crippen LogP contribution in [-0.4, -0.2) is 40.5 Å². The van der Waals surface area contributed by atoms with E-state index in [1.54, 1.807) is 18.2 Å². The maximum atomic E-state index is 10.8. The summed E-state index contributed by atoms with van der Waals surface area (Å²) in [6.45, 7) is 5.98. The van der Waals surface area contributed by atoms with Gasteiger partial charge in [-0.1, -0.05) is 54.6 Å². The molecule has 0 amide bonds. The highest BCUT2D eigenvalue weighted by atomic mass is 16.5. The van der Waals surface area contributed by atoms with Gasteiger partial charge in [0.2, 0.25) is 17.2 Å². The number of hydrogen-bond acceptors (Lipinski definition) is 10. The summed E-state index contributed by atoms with van der Waals surface area (Å²) in [5.41, 5.74) is 3.66. The fraction of sp³-hybridized carbons (Fsp3) is 0.0571. The van der Waals surface area contributed by atoms with E-state index in [9.17, 15) is 25.5 Å². The van der Waals surface area contributed by atoms with E-state index in [0.717, 1.165) is 21.9 Å². The number of aromatic nitrogens is 3. The number of phenolic OH excluding ortho intramolecular Hbond substituents is 5. The Morgan fingerprint density at radius 3 is 2.24 bits per heavy atom. The zero-order valence-electron chi connectivity index (χ0n) is 23.8. The molecule has 0 saturated carbocycles. The molecule has 45 heavy (non-hydrogen) atoms. The Bertz CT molecular complexity index is 2240. The van der Waals surface area contributed by atoms with E-state index in [0.29, 0.717) is 40.2 Å². The first-order chi connectivity index (χ1) is 21.7. The first-order valence-corrected chi connectivity index (χ1v) is 13.9. The molecule has 10 nitrogen and oxygen atoms in total. The molecule has 222 valence electrons. The van der Waals surface area contributed by atoms with Crippen molar-refractivity contribution in [2.75, 3.05) is 0 Å². The molecule has 0 spiro atoms. The van der Waals surface area contributed by atoms with Gasteiger partial charge in [-0.15, -0.1) is 0 Å². The van der Waals surface area contributed by atoms with Crippen molar-refractivity contribution in [3.8, 4) is 68.7 Å². The molecule has 7 rings (SSSR count). The Kier molecular flexibility index (Phi) is 6.40. The Hall–Kier alpha value is -6.29. The van der Waals surface area contributed by atoms with Gasteiger partial charge in [-0.25, -0.2) is 15.0 Å². The van der Waals surface area contributed by atoms with E-state index in [-0.39, 0.29) is 17.5 Å². The molecule has 1 aliphatic rings. The minimum absolute atomic E-state index is 0.0954. The van der Waals surface area contributed by atoms with Gasteiger partial charge in [0.05, 0.1) is 5.56 Å². The third-order valence-corrected chi connectivity index (χ3v) is 7.55. The number of fused-ring (bicyclic) bond motifs is 4. The molecule has 0 aliphatic carbocycles. The summed E-state index contributed by atoms with van der Waals surface area (Å²) in [6, 6.07) is 16.8. The van der Waals surface area contributed by atoms with Crippen molar-refractivity contribution in [1.29, 1.82) is 0 Å². The van der Waals surface area contributed by atoms with E-state index in [1.165, 1.54) is 0 Å². The van der Waals surface area contributed by atoms with Crippen LogP contribution in [0.25, 0.3) is 56.1 Å². The second-order valence-electron chi connectivity index (χ2n) is 10.6. The van der Waals surface area contributed by atoms with Gasteiger partial charge in [0.1, 0.15) is 28.2 Å². The summed E-state index contributed by atoms with van der Waals surface area (Å²) in [7, 11) is 0. The Morgan fingerprint density at radius 2 is 1.44 bits per heavy atom. The molecule has 2 aromatic heterocycles. The minimum atomic E-state index is -1.10. The number of ether oxygens (including phenoxy) is 1. The molecule has 6 aromatic rings. The van der Waals surface area contributed by atoms with Gasteiger partial charge in [0, 0.05) is 16.3 Å². The third-order valence-electron chi connectivity index (χ3n) is 7.55. The van der Waals surface area contributed by atoms with Crippen LogP contribution in [0.4, 0.5) is 0 Å². The molecule has 5 N–H and O–H groups in total. The highest BCUT2D eigenvalue weighted by Gasteiger charge is 2.28. The monoisotopic (exact) mass is 599 g/mol. The third kappa shape index (κ3) is 4.65. The van der Waals surface area contributed by atoms with Crippen LogP contribution in [0.5, 0.6) is 34.5 Å². The largest absolute Gasteiger partial charge is 0.504 e. The number of nitrogens with zero attached hydrogens (tertiary/aromatic N) is 3. The number of aromatic hydroxyl groups is 5. The SMILES string of the molecule is C=C1/C=C\C=C/Cc2cccc(-c3nc(-c4ccc5c(c4)oc4ccc(C)cc45)nc(-c4c(O)c(O)c(O)c(O)c4O)n3)c2O1. The molecular weight excluding hydrogens is 574 g/mol. The normalized spacial score (nSPS) is 14.4. The molecule has 0 unspecified atom stereocenters. The summed E-state index contributed by atoms with van der Waals surface area (Å²) < 4.78 is 12.3. The first-order valence-electron chi connectivity index (χ1n) is 13.9. The predicted molar refractivity (Wildman–Crippen MR) is 168 cm³/mol. The topological polar surface area (TPSA) is 162 Å². The Balaban J connectivity index is 1.49. The zero-order chi connectivity index (χ0) is 31.4. The second kappa shape index (κ2) is 10.5. The summed E-state index contributed by atoms with van der Waals surface area (Å²) in [4.78, 5) is 13.8. The number of furan rings is 1. The number of rotatable bonds is 3. The smallest absolute Gasteiger partial charge is 0.208 e. The molecule has 1 aliphatic heterocycles. The van der Waals surface area contributed by atoms with Crippen molar-refractivity contribution in [3.63, 3.8) is 0 Å². The highest BCUT2D eigenvalue weighted by molar-refractivity contribution is 6.06. The molecular formula is C35H25N3O7. The van der Waals surface area contributed by atoms with Crippen molar-refractivity contribution in [3.05, 3.63) is 102 Å². The van der Waals surface area contributed by atoms with Crippen molar-refractivity contribution in [2.45, 2.75) is 13.3 Å². The fourth-order valence-electron chi connectivity index (χ4n) is 5.31. The number of benzene rings is 4. The van der Waals surface area contributed by atoms with Gasteiger partial charge in [-0.2, -0.15) is 0 Å². The molecule has 0 atom stereocenters. The van der Waals surface area contributed by atoms with E-state index in [2.05, 4.69) is 16.5 Å². The molecule has 10 heteroatoms. The lowest BCUT2D eigenvalue weighted by Crippen LogP contribution is -2.03. The maximum Gasteiger partial charge on any atom is 0.208 e. The lowest BCUT2D eigenvalue weighted by Gasteiger charge is -2.16. The van der Waals surface area contributed by atoms with E-state index < -0.39 is 34.3 Å². The van der Waals surface area contributed by atoms with Gasteiger partial charge in [0.25, 0.3) is 0 Å². The van der Waals surface area contributed by atoms with E-state index in [1.807, 2.05) is 67.6 Å². The summed E-state index contributed by atoms with van der Waals surface area (Å²) in [5.74, 6) is -4.34. The fourth-order valence-corrected chi connectivity index (χ4v) is 5.31. The Morgan fingerprint density at radius 1 is 0.711 bits per heavy atom. The zero-order valence-corrected chi connectivity index (χ0v) is 23.8. The lowest BCUT2D eigenvalue weighted by molar-refractivity contribution is 0.329. The molecule has 3 heterocycles. The van der Waals surface area contributed by atoms with Crippen molar-refractivity contribution < 1.29 is 34.7 Å². The lowest BCUT2D eigenvalue weighted by atomic mass is 10.0. The minimum Gasteiger partial charge on any atom is -0.504 e. The van der Waals surface area contributed by atoms with Gasteiger partial charge in [-0.3, -0.25) is 0 Å². The van der Waals surface area contributed by atoms with Crippen molar-refractivity contribution in [1.82, 2.24) is 15.0 Å². The average Bonchev–Trinajstić information content (AvgIpc) is 3.43. The van der Waals surface area contributed by atoms with Gasteiger partial charge < -0.3 is 34.7 Å². The van der Waals surface area contributed by atoms with Crippen LogP contribution in [0.3, 0.4) is 0 Å². The van der Waals surface area contributed by atoms with Gasteiger partial charge >= 0.3 is 0 Å². The number of allylic oxidation sites excluding steroid dienone is 4. The van der Waals surface area contributed by atoms with Gasteiger partial charge in [0.15, 0.2) is 29.0 Å². The second-order valence-corrected chi connectivity index (χ2v) is 10.6. The van der Waals surface area contributed by atoms with Gasteiger partial charge in [-0.05, 0) is 55.3 Å². The van der Waals surface area contributed by atoms with Crippen molar-refractivity contribution in [2.24, 2.45) is 0 Å². The maximum absolute atomic E-state index is 10.8. The number of hydrogen-bond donors (Lipinski definition) is 5. The van der Waals surface area contributed by atoms with Crippen LogP contribution < -0.4 is 4.74 Å². The number of aryl methyl sites for hydroxylation is 1. The van der Waals surface area contributed by atoms with E-state index >= 15 is 0 Å². The van der Waals surface area contributed by atoms with Crippen LogP contribution in [-0.2, 0) is 6.42 Å². The van der Waals surface area contributed by atoms with Crippen LogP contribution in [0.2, 0.25) is 0 Å². The summed E-state index contributed by atoms with van der Waals surface area (Å²) >= 11 is 0. The standard InChI is InChI=1S/C35H25N3O7/c1-17-11-14-24-23(15-17)21-13-12-20(16-25(21)45-24)33-36-34(22-10-6-9-19-8-5-3-4-7-18(2)44-32(19)22)38-35(37-33)26-27(39)29(41)31(43)30(42)28(26)40/h3-7,9-16,39-43H,2,8H2,1H3/b5-3-,7-4-. The molecule has 4 aromatic carbocycles. The van der Waals surface area contributed by atoms with Crippen LogP contribution in [0, 0.1) is 6.92 Å². The van der Waals surface area contributed by atoms with Crippen LogP contribution >= 0.6 is 0 Å². The highest BCUT2D eigenvalue weighted by Crippen LogP contribution is 2.54. The molecule has 0 radical (unpaired) electrons.